The van der Waals surface area contributed by atoms with Gasteiger partial charge in [0.05, 0.1) is 16.0 Å². The van der Waals surface area contributed by atoms with Crippen LogP contribution < -0.4 is 31.9 Å². The molecule has 18 nitrogen and oxygen atoms in total. The first kappa shape index (κ1) is 44.7. The number of amides is 5. The van der Waals surface area contributed by atoms with Crippen LogP contribution in [-0.2, 0) is 27.5 Å². The number of hydrogen-bond donors (Lipinski definition) is 7. The molecule has 4 aromatic rings. The number of nitro groups is 2. The number of rotatable bonds is 21. The zero-order chi connectivity index (χ0) is 42.9. The van der Waals surface area contributed by atoms with Gasteiger partial charge in [-0.05, 0) is 67.8 Å². The molecule has 0 spiro atoms. The van der Waals surface area contributed by atoms with E-state index in [1.807, 2.05) is 0 Å². The Morgan fingerprint density at radius 1 is 0.644 bits per heavy atom. The van der Waals surface area contributed by atoms with E-state index >= 15 is 0 Å². The third-order valence-corrected chi connectivity index (χ3v) is 9.01. The van der Waals surface area contributed by atoms with E-state index in [1.165, 1.54) is 67.6 Å². The number of nitrogens with one attached hydrogen (secondary N) is 6. The van der Waals surface area contributed by atoms with Crippen molar-refractivity contribution in [1.82, 2.24) is 26.6 Å². The highest BCUT2D eigenvalue weighted by Gasteiger charge is 2.31. The molecule has 4 atom stereocenters. The van der Waals surface area contributed by atoms with Gasteiger partial charge in [-0.25, -0.2) is 0 Å². The summed E-state index contributed by atoms with van der Waals surface area (Å²) in [4.78, 5) is 87.6. The molecule has 59 heavy (non-hydrogen) atoms. The topological polar surface area (TPSA) is 264 Å². The van der Waals surface area contributed by atoms with Crippen molar-refractivity contribution in [2.45, 2.75) is 70.4 Å². The molecule has 4 rings (SSSR count). The molecule has 0 aliphatic rings. The molecule has 4 aromatic carbocycles. The third kappa shape index (κ3) is 13.8. The van der Waals surface area contributed by atoms with Gasteiger partial charge in [-0.1, -0.05) is 61.9 Å². The molecule has 310 valence electrons. The summed E-state index contributed by atoms with van der Waals surface area (Å²) in [6, 6.07) is 22.1. The largest absolute Gasteiger partial charge is 0.391 e. The van der Waals surface area contributed by atoms with Crippen LogP contribution in [0.1, 0.15) is 65.0 Å². The predicted octanol–water partition coefficient (Wildman–Crippen LogP) is 3.50. The maximum absolute atomic E-state index is 13.7. The number of non-ortho nitro benzene ring substituents is 2. The molecule has 0 aliphatic carbocycles. The van der Waals surface area contributed by atoms with Crippen molar-refractivity contribution >= 4 is 46.6 Å². The van der Waals surface area contributed by atoms with Crippen LogP contribution in [0.3, 0.4) is 0 Å². The third-order valence-electron chi connectivity index (χ3n) is 9.01. The Kier molecular flexibility index (Phi) is 16.7. The van der Waals surface area contributed by atoms with E-state index in [0.717, 1.165) is 5.56 Å². The summed E-state index contributed by atoms with van der Waals surface area (Å²) < 4.78 is 0. The minimum absolute atomic E-state index is 0.0486. The van der Waals surface area contributed by atoms with E-state index < -0.39 is 63.6 Å². The molecule has 0 aliphatic heterocycles. The fourth-order valence-electron chi connectivity index (χ4n) is 5.78. The van der Waals surface area contributed by atoms with E-state index in [-0.39, 0.29) is 48.6 Å². The highest BCUT2D eigenvalue weighted by molar-refractivity contribution is 6.01. The zero-order valence-corrected chi connectivity index (χ0v) is 32.4. The second-order valence-electron chi connectivity index (χ2n) is 13.5. The first-order valence-electron chi connectivity index (χ1n) is 18.8. The van der Waals surface area contributed by atoms with Crippen LogP contribution in [0.5, 0.6) is 0 Å². The number of aliphatic hydroxyl groups excluding tert-OH is 1. The number of benzene rings is 4. The van der Waals surface area contributed by atoms with Crippen LogP contribution in [-0.4, -0.2) is 75.3 Å². The van der Waals surface area contributed by atoms with Crippen molar-refractivity contribution in [1.29, 1.82) is 0 Å². The summed E-state index contributed by atoms with van der Waals surface area (Å²) in [5, 5.41) is 48.8. The standard InChI is InChI=1S/C41H46N8O10/c1-3-8-34(46-39(53)35(45-38(52)29-9-5-4-6-10-29)21-22-42-24-27-13-17-32(18-14-27)48(56)57)40(54)47-36(26(2)50)41(55)44-31-12-7-11-30(23-31)37(51)43-25-28-15-19-33(20-16-28)49(58)59/h4-7,9-20,23,26,34-36,42,50H,3,8,21-22,24-25H2,1-2H3,(H,43,51)(H,44,55)(H,45,52)(H,46,53)(H,47,54)/t26-,34+,35+,36+/m1/s1. The Hall–Kier alpha value is -7.05. The quantitative estimate of drug-likeness (QED) is 0.0364. The average molecular weight is 811 g/mol. The van der Waals surface area contributed by atoms with Gasteiger partial charge in [0.1, 0.15) is 18.1 Å². The van der Waals surface area contributed by atoms with Crippen molar-refractivity contribution in [2.24, 2.45) is 0 Å². The summed E-state index contributed by atoms with van der Waals surface area (Å²) in [5.41, 5.74) is 1.94. The van der Waals surface area contributed by atoms with E-state index in [4.69, 9.17) is 0 Å². The molecule has 0 bridgehead atoms. The van der Waals surface area contributed by atoms with Crippen LogP contribution >= 0.6 is 0 Å². The lowest BCUT2D eigenvalue weighted by atomic mass is 10.1. The highest BCUT2D eigenvalue weighted by Crippen LogP contribution is 2.15. The Labute approximate surface area is 339 Å². The minimum atomic E-state index is -1.48. The Morgan fingerprint density at radius 2 is 1.20 bits per heavy atom. The van der Waals surface area contributed by atoms with Crippen LogP contribution in [0.15, 0.2) is 103 Å². The lowest BCUT2D eigenvalue weighted by Crippen LogP contribution is -2.58. The van der Waals surface area contributed by atoms with Gasteiger partial charge < -0.3 is 37.0 Å². The first-order chi connectivity index (χ1) is 28.2. The summed E-state index contributed by atoms with van der Waals surface area (Å²) >= 11 is 0. The first-order valence-corrected chi connectivity index (χ1v) is 18.8. The molecule has 18 heteroatoms. The lowest BCUT2D eigenvalue weighted by molar-refractivity contribution is -0.385. The van der Waals surface area contributed by atoms with Crippen LogP contribution in [0, 0.1) is 20.2 Å². The molecule has 0 saturated heterocycles. The number of anilines is 1. The van der Waals surface area contributed by atoms with E-state index in [1.54, 1.807) is 49.4 Å². The van der Waals surface area contributed by atoms with Gasteiger partial charge >= 0.3 is 0 Å². The van der Waals surface area contributed by atoms with Crippen LogP contribution in [0.4, 0.5) is 17.1 Å². The fourth-order valence-corrected chi connectivity index (χ4v) is 5.78. The SMILES string of the molecule is CCC[C@H](NC(=O)[C@H](CCNCc1ccc([N+](=O)[O-])cc1)NC(=O)c1ccccc1)C(=O)N[C@H](C(=O)Nc1cccc(C(=O)NCc2ccc([N+](=O)[O-])cc2)c1)[C@@H](C)O. The van der Waals surface area contributed by atoms with Crippen molar-refractivity contribution in [3.8, 4) is 0 Å². The molecular weight excluding hydrogens is 764 g/mol. The van der Waals surface area contributed by atoms with Gasteiger partial charge in [0.15, 0.2) is 0 Å². The van der Waals surface area contributed by atoms with Crippen LogP contribution in [0.25, 0.3) is 0 Å². The smallest absolute Gasteiger partial charge is 0.269 e. The average Bonchev–Trinajstić information content (AvgIpc) is 3.23. The number of nitro benzene ring substituents is 2. The van der Waals surface area contributed by atoms with Crippen molar-refractivity contribution < 1.29 is 38.9 Å². The van der Waals surface area contributed by atoms with Crippen molar-refractivity contribution in [2.75, 3.05) is 11.9 Å². The normalized spacial score (nSPS) is 12.8. The maximum Gasteiger partial charge on any atom is 0.269 e. The number of hydrogen-bond acceptors (Lipinski definition) is 11. The Morgan fingerprint density at radius 3 is 1.78 bits per heavy atom. The van der Waals surface area contributed by atoms with Crippen molar-refractivity contribution in [3.05, 3.63) is 146 Å². The lowest BCUT2D eigenvalue weighted by Gasteiger charge is -2.26. The number of nitrogens with zero attached hydrogens (tertiary/aromatic N) is 2. The van der Waals surface area contributed by atoms with Gasteiger partial charge in [-0.2, -0.15) is 0 Å². The Bertz CT molecular complexity index is 2100. The predicted molar refractivity (Wildman–Crippen MR) is 217 cm³/mol. The molecule has 0 radical (unpaired) electrons. The van der Waals surface area contributed by atoms with Crippen LogP contribution in [0.2, 0.25) is 0 Å². The molecule has 0 saturated carbocycles. The molecule has 7 N–H and O–H groups in total. The molecular formula is C41H46N8O10. The maximum atomic E-state index is 13.7. The minimum Gasteiger partial charge on any atom is -0.391 e. The molecule has 0 fully saturated rings. The Balaban J connectivity index is 1.39. The summed E-state index contributed by atoms with van der Waals surface area (Å²) in [6.07, 6.45) is -0.684. The van der Waals surface area contributed by atoms with E-state index in [9.17, 15) is 49.3 Å². The number of aliphatic hydroxyl groups is 1. The summed E-state index contributed by atoms with van der Waals surface area (Å²) in [7, 11) is 0. The molecule has 0 aromatic heterocycles. The van der Waals surface area contributed by atoms with E-state index in [0.29, 0.717) is 24.1 Å². The van der Waals surface area contributed by atoms with Gasteiger partial charge in [-0.15, -0.1) is 0 Å². The molecule has 5 amide bonds. The van der Waals surface area contributed by atoms with Crippen molar-refractivity contribution in [3.63, 3.8) is 0 Å². The summed E-state index contributed by atoms with van der Waals surface area (Å²) in [6.45, 7) is 3.74. The highest BCUT2D eigenvalue weighted by atomic mass is 16.6. The number of carbonyl (C=O) groups excluding carboxylic acids is 5. The monoisotopic (exact) mass is 810 g/mol. The van der Waals surface area contributed by atoms with Gasteiger partial charge in [0.25, 0.3) is 23.2 Å². The molecule has 0 unspecified atom stereocenters. The zero-order valence-electron chi connectivity index (χ0n) is 32.4. The van der Waals surface area contributed by atoms with E-state index in [2.05, 4.69) is 31.9 Å². The second kappa shape index (κ2) is 22.0. The fraction of sp³-hybridized carbons (Fsp3) is 0.293. The van der Waals surface area contributed by atoms with Gasteiger partial charge in [0.2, 0.25) is 17.7 Å². The van der Waals surface area contributed by atoms with Gasteiger partial charge in [-0.3, -0.25) is 44.2 Å². The summed E-state index contributed by atoms with van der Waals surface area (Å²) in [5.74, 6) is -3.23. The number of carbonyl (C=O) groups is 5. The molecule has 0 heterocycles. The second-order valence-corrected chi connectivity index (χ2v) is 13.5. The van der Waals surface area contributed by atoms with Gasteiger partial charge in [0, 0.05) is 54.2 Å².